The van der Waals surface area contributed by atoms with Gasteiger partial charge in [0.25, 0.3) is 0 Å². The van der Waals surface area contributed by atoms with Crippen molar-refractivity contribution in [1.82, 2.24) is 5.32 Å². The zero-order valence-corrected chi connectivity index (χ0v) is 13.8. The number of aldehydes is 1. The summed E-state index contributed by atoms with van der Waals surface area (Å²) in [7, 11) is 0. The number of rotatable bonds is 15. The Morgan fingerprint density at radius 1 is 1.00 bits per heavy atom. The van der Waals surface area contributed by atoms with Crippen molar-refractivity contribution in [2.24, 2.45) is 0 Å². The fourth-order valence-corrected chi connectivity index (χ4v) is 2.56. The summed E-state index contributed by atoms with van der Waals surface area (Å²) in [5.41, 5.74) is -1.06. The molecule has 0 heterocycles. The van der Waals surface area contributed by atoms with E-state index in [0.29, 0.717) is 13.0 Å². The van der Waals surface area contributed by atoms with Crippen molar-refractivity contribution >= 4 is 12.3 Å². The van der Waals surface area contributed by atoms with Gasteiger partial charge in [-0.2, -0.15) is 0 Å². The second-order valence-corrected chi connectivity index (χ2v) is 5.91. The molecule has 0 aromatic heterocycles. The summed E-state index contributed by atoms with van der Waals surface area (Å²) in [4.78, 5) is 22.4. The molecule has 0 aromatic carbocycles. The van der Waals surface area contributed by atoms with E-state index in [1.807, 2.05) is 6.92 Å². The Bertz CT molecular complexity index is 281. The van der Waals surface area contributed by atoms with Gasteiger partial charge in [0.15, 0.2) is 0 Å². The highest BCUT2D eigenvalue weighted by Crippen LogP contribution is 2.19. The van der Waals surface area contributed by atoms with Crippen LogP contribution in [-0.4, -0.2) is 29.4 Å². The van der Waals surface area contributed by atoms with E-state index in [4.69, 9.17) is 0 Å². The van der Waals surface area contributed by atoms with Crippen molar-refractivity contribution in [2.75, 3.05) is 6.54 Å². The lowest BCUT2D eigenvalue weighted by molar-refractivity contribution is -0.146. The van der Waals surface area contributed by atoms with Gasteiger partial charge in [0.05, 0.1) is 0 Å². The molecule has 0 saturated heterocycles. The number of carboxylic acids is 1. The third-order valence-electron chi connectivity index (χ3n) is 4.04. The molecule has 0 amide bonds. The predicted octanol–water partition coefficient (Wildman–Crippen LogP) is 3.93. The van der Waals surface area contributed by atoms with Crippen LogP contribution in [0.1, 0.15) is 84.5 Å². The smallest absolute Gasteiger partial charge is 0.324 e. The van der Waals surface area contributed by atoms with E-state index >= 15 is 0 Å². The van der Waals surface area contributed by atoms with Crippen LogP contribution in [0.2, 0.25) is 0 Å². The molecule has 124 valence electrons. The number of aliphatic carboxylic acids is 1. The van der Waals surface area contributed by atoms with Gasteiger partial charge in [-0.15, -0.1) is 0 Å². The van der Waals surface area contributed by atoms with E-state index in [1.54, 1.807) is 0 Å². The summed E-state index contributed by atoms with van der Waals surface area (Å²) < 4.78 is 0. The van der Waals surface area contributed by atoms with Crippen LogP contribution >= 0.6 is 0 Å². The number of carbonyl (C=O) groups excluding carboxylic acids is 1. The summed E-state index contributed by atoms with van der Waals surface area (Å²) in [6.07, 6.45) is 11.5. The Hall–Kier alpha value is -0.900. The van der Waals surface area contributed by atoms with E-state index in [9.17, 15) is 14.7 Å². The fraction of sp³-hybridized carbons (Fsp3) is 0.882. The molecule has 2 N–H and O–H groups in total. The van der Waals surface area contributed by atoms with Crippen LogP contribution in [0.5, 0.6) is 0 Å². The topological polar surface area (TPSA) is 66.4 Å². The molecule has 0 radical (unpaired) electrons. The van der Waals surface area contributed by atoms with Crippen molar-refractivity contribution < 1.29 is 14.7 Å². The van der Waals surface area contributed by atoms with Crippen LogP contribution in [0.4, 0.5) is 0 Å². The molecule has 0 bridgehead atoms. The first-order valence-electron chi connectivity index (χ1n) is 8.55. The second kappa shape index (κ2) is 12.8. The Labute approximate surface area is 129 Å². The summed E-state index contributed by atoms with van der Waals surface area (Å²) >= 11 is 0. The van der Waals surface area contributed by atoms with Gasteiger partial charge in [-0.05, 0) is 19.4 Å². The zero-order chi connectivity index (χ0) is 16.0. The van der Waals surface area contributed by atoms with E-state index in [0.717, 1.165) is 32.0 Å². The van der Waals surface area contributed by atoms with Crippen LogP contribution in [0.25, 0.3) is 0 Å². The van der Waals surface area contributed by atoms with Crippen LogP contribution < -0.4 is 5.32 Å². The second-order valence-electron chi connectivity index (χ2n) is 5.91. The SMILES string of the molecule is CCCCCCCCCNC(CC=O)(CCCC)C(=O)O. The highest BCUT2D eigenvalue weighted by molar-refractivity contribution is 5.82. The molecular weight excluding hydrogens is 266 g/mol. The Balaban J connectivity index is 4.05. The normalized spacial score (nSPS) is 13.8. The monoisotopic (exact) mass is 299 g/mol. The highest BCUT2D eigenvalue weighted by Gasteiger charge is 2.36. The number of carbonyl (C=O) groups is 2. The average molecular weight is 299 g/mol. The molecule has 0 aliphatic rings. The summed E-state index contributed by atoms with van der Waals surface area (Å²) in [5.74, 6) is -0.897. The summed E-state index contributed by atoms with van der Waals surface area (Å²) in [6.45, 7) is 4.92. The maximum absolute atomic E-state index is 11.5. The first kappa shape index (κ1) is 20.1. The number of hydrogen-bond acceptors (Lipinski definition) is 3. The van der Waals surface area contributed by atoms with Crippen LogP contribution in [-0.2, 0) is 9.59 Å². The lowest BCUT2D eigenvalue weighted by atomic mass is 9.89. The quantitative estimate of drug-likeness (QED) is 0.355. The van der Waals surface area contributed by atoms with Crippen molar-refractivity contribution in [2.45, 2.75) is 90.0 Å². The van der Waals surface area contributed by atoms with E-state index in [1.165, 1.54) is 32.1 Å². The first-order chi connectivity index (χ1) is 10.1. The molecule has 0 aliphatic carbocycles. The third-order valence-corrected chi connectivity index (χ3v) is 4.04. The molecule has 4 nitrogen and oxygen atoms in total. The maximum Gasteiger partial charge on any atom is 0.324 e. The van der Waals surface area contributed by atoms with Crippen molar-refractivity contribution in [3.05, 3.63) is 0 Å². The van der Waals surface area contributed by atoms with Gasteiger partial charge in [0.2, 0.25) is 0 Å². The van der Waals surface area contributed by atoms with Gasteiger partial charge in [-0.25, -0.2) is 0 Å². The van der Waals surface area contributed by atoms with Gasteiger partial charge < -0.3 is 15.2 Å². The van der Waals surface area contributed by atoms with Crippen LogP contribution in [0.3, 0.4) is 0 Å². The molecule has 1 atom stereocenters. The molecule has 1 unspecified atom stereocenters. The lowest BCUT2D eigenvalue weighted by Crippen LogP contribution is -2.52. The van der Waals surface area contributed by atoms with Gasteiger partial charge in [-0.3, -0.25) is 4.79 Å². The number of carboxylic acid groups (broad SMARTS) is 1. The standard InChI is InChI=1S/C17H33NO3/c1-3-5-7-8-9-10-11-14-18-17(13-15-19,16(20)21)12-6-4-2/h15,18H,3-14H2,1-2H3,(H,20,21). The van der Waals surface area contributed by atoms with Crippen LogP contribution in [0, 0.1) is 0 Å². The van der Waals surface area contributed by atoms with Gasteiger partial charge >= 0.3 is 5.97 Å². The average Bonchev–Trinajstić information content (AvgIpc) is 2.47. The largest absolute Gasteiger partial charge is 0.480 e. The first-order valence-corrected chi connectivity index (χ1v) is 8.55. The van der Waals surface area contributed by atoms with Gasteiger partial charge in [0, 0.05) is 6.42 Å². The van der Waals surface area contributed by atoms with Gasteiger partial charge in [0.1, 0.15) is 11.8 Å². The van der Waals surface area contributed by atoms with Crippen molar-refractivity contribution in [1.29, 1.82) is 0 Å². The molecule has 0 saturated carbocycles. The van der Waals surface area contributed by atoms with Crippen LogP contribution in [0.15, 0.2) is 0 Å². The van der Waals surface area contributed by atoms with E-state index in [-0.39, 0.29) is 6.42 Å². The lowest BCUT2D eigenvalue weighted by Gasteiger charge is -2.29. The summed E-state index contributed by atoms with van der Waals surface area (Å²) in [6, 6.07) is 0. The minimum Gasteiger partial charge on any atom is -0.480 e. The molecule has 0 fully saturated rings. The summed E-state index contributed by atoms with van der Waals surface area (Å²) in [5, 5.41) is 12.6. The van der Waals surface area contributed by atoms with E-state index in [2.05, 4.69) is 12.2 Å². The molecule has 4 heteroatoms. The Morgan fingerprint density at radius 2 is 1.57 bits per heavy atom. The van der Waals surface area contributed by atoms with Gasteiger partial charge in [-0.1, -0.05) is 65.2 Å². The zero-order valence-electron chi connectivity index (χ0n) is 13.8. The van der Waals surface area contributed by atoms with E-state index < -0.39 is 11.5 Å². The molecule has 0 rings (SSSR count). The Morgan fingerprint density at radius 3 is 2.10 bits per heavy atom. The highest BCUT2D eigenvalue weighted by atomic mass is 16.4. The fourth-order valence-electron chi connectivity index (χ4n) is 2.56. The molecular formula is C17H33NO3. The maximum atomic E-state index is 11.5. The predicted molar refractivity (Wildman–Crippen MR) is 86.6 cm³/mol. The minimum atomic E-state index is -1.06. The molecule has 0 aliphatic heterocycles. The number of unbranched alkanes of at least 4 members (excludes halogenated alkanes) is 7. The van der Waals surface area contributed by atoms with Crippen molar-refractivity contribution in [3.63, 3.8) is 0 Å². The minimum absolute atomic E-state index is 0.0544. The molecule has 0 spiro atoms. The van der Waals surface area contributed by atoms with Crippen molar-refractivity contribution in [3.8, 4) is 0 Å². The number of hydrogen-bond donors (Lipinski definition) is 2. The molecule has 0 aromatic rings. The number of nitrogens with one attached hydrogen (secondary N) is 1. The third kappa shape index (κ3) is 8.86. The molecule has 21 heavy (non-hydrogen) atoms. The Kier molecular flexibility index (Phi) is 12.3.